The average Bonchev–Trinajstić information content (AvgIpc) is 2.43. The van der Waals surface area contributed by atoms with Crippen molar-refractivity contribution in [2.24, 2.45) is 0 Å². The van der Waals surface area contributed by atoms with Gasteiger partial charge in [0.25, 0.3) is 0 Å². The van der Waals surface area contributed by atoms with Gasteiger partial charge in [-0.2, -0.15) is 8.78 Å². The van der Waals surface area contributed by atoms with Crippen molar-refractivity contribution in [3.05, 3.63) is 57.8 Å². The van der Waals surface area contributed by atoms with Crippen LogP contribution in [-0.2, 0) is 13.1 Å². The number of pyridine rings is 1. The number of aromatic nitrogens is 1. The fourth-order valence-electron chi connectivity index (χ4n) is 1.93. The van der Waals surface area contributed by atoms with Crippen LogP contribution in [0.2, 0.25) is 0 Å². The number of nitrogens with zero attached hydrogens (tertiary/aromatic N) is 1. The van der Waals surface area contributed by atoms with Crippen LogP contribution in [-0.4, -0.2) is 11.6 Å². The Morgan fingerprint density at radius 1 is 1.24 bits per heavy atom. The molecular formula is C15H15BrF2N2O. The Labute approximate surface area is 130 Å². The molecule has 0 spiro atoms. The standard InChI is InChI=1S/C15H15BrF2N2O/c1-10-7-19-5-4-11(10)8-20-9-12-6-13(16)2-3-14(12)21-15(17)18/h2-7,15,20H,8-9H2,1H3. The zero-order valence-corrected chi connectivity index (χ0v) is 13.0. The van der Waals surface area contributed by atoms with Crippen LogP contribution in [0.5, 0.6) is 5.75 Å². The van der Waals surface area contributed by atoms with Crippen molar-refractivity contribution in [2.45, 2.75) is 26.6 Å². The summed E-state index contributed by atoms with van der Waals surface area (Å²) in [5.41, 5.74) is 2.89. The number of halogens is 3. The van der Waals surface area contributed by atoms with Crippen LogP contribution in [0.3, 0.4) is 0 Å². The summed E-state index contributed by atoms with van der Waals surface area (Å²) in [5.74, 6) is 0.187. The Bertz CT molecular complexity index is 608. The molecule has 0 aliphatic heterocycles. The highest BCUT2D eigenvalue weighted by Gasteiger charge is 2.10. The summed E-state index contributed by atoms with van der Waals surface area (Å²) >= 11 is 3.33. The Morgan fingerprint density at radius 2 is 2.00 bits per heavy atom. The molecule has 112 valence electrons. The molecule has 0 radical (unpaired) electrons. The van der Waals surface area contributed by atoms with Crippen LogP contribution in [0.25, 0.3) is 0 Å². The molecular weight excluding hydrogens is 342 g/mol. The number of aryl methyl sites for hydroxylation is 1. The number of ether oxygens (including phenoxy) is 1. The van der Waals surface area contributed by atoms with Crippen molar-refractivity contribution in [2.75, 3.05) is 0 Å². The topological polar surface area (TPSA) is 34.2 Å². The summed E-state index contributed by atoms with van der Waals surface area (Å²) < 4.78 is 30.1. The minimum Gasteiger partial charge on any atom is -0.434 e. The summed E-state index contributed by atoms with van der Waals surface area (Å²) in [6.07, 6.45) is 3.52. The molecule has 0 bridgehead atoms. The third-order valence-electron chi connectivity index (χ3n) is 3.01. The lowest BCUT2D eigenvalue weighted by Gasteiger charge is -2.12. The van der Waals surface area contributed by atoms with E-state index in [1.807, 2.05) is 13.0 Å². The van der Waals surface area contributed by atoms with Crippen LogP contribution < -0.4 is 10.1 Å². The minimum absolute atomic E-state index is 0.187. The van der Waals surface area contributed by atoms with Gasteiger partial charge >= 0.3 is 6.61 Å². The van der Waals surface area contributed by atoms with E-state index in [2.05, 4.69) is 31.0 Å². The molecule has 2 aromatic rings. The van der Waals surface area contributed by atoms with Crippen molar-refractivity contribution in [3.63, 3.8) is 0 Å². The normalized spacial score (nSPS) is 10.9. The quantitative estimate of drug-likeness (QED) is 0.847. The molecule has 0 saturated heterocycles. The monoisotopic (exact) mass is 356 g/mol. The lowest BCUT2D eigenvalue weighted by Crippen LogP contribution is -2.15. The predicted molar refractivity (Wildman–Crippen MR) is 80.3 cm³/mol. The minimum atomic E-state index is -2.83. The van der Waals surface area contributed by atoms with Crippen LogP contribution in [0.15, 0.2) is 41.1 Å². The molecule has 6 heteroatoms. The zero-order valence-electron chi connectivity index (χ0n) is 11.4. The second kappa shape index (κ2) is 7.47. The summed E-state index contributed by atoms with van der Waals surface area (Å²) in [7, 11) is 0. The number of hydrogen-bond acceptors (Lipinski definition) is 3. The van der Waals surface area contributed by atoms with E-state index in [1.54, 1.807) is 24.5 Å². The summed E-state index contributed by atoms with van der Waals surface area (Å²) in [6, 6.07) is 6.91. The van der Waals surface area contributed by atoms with Gasteiger partial charge in [0.05, 0.1) is 0 Å². The molecule has 0 unspecified atom stereocenters. The molecule has 21 heavy (non-hydrogen) atoms. The zero-order chi connectivity index (χ0) is 15.2. The van der Waals surface area contributed by atoms with Gasteiger partial charge in [0.15, 0.2) is 0 Å². The molecule has 0 fully saturated rings. The maximum absolute atomic E-state index is 12.4. The van der Waals surface area contributed by atoms with Gasteiger partial charge in [-0.15, -0.1) is 0 Å². The van der Waals surface area contributed by atoms with E-state index in [-0.39, 0.29) is 5.75 Å². The van der Waals surface area contributed by atoms with Gasteiger partial charge in [0, 0.05) is 35.5 Å². The maximum Gasteiger partial charge on any atom is 0.387 e. The number of alkyl halides is 2. The maximum atomic E-state index is 12.4. The second-order valence-corrected chi connectivity index (χ2v) is 5.45. The highest BCUT2D eigenvalue weighted by molar-refractivity contribution is 9.10. The molecule has 0 atom stereocenters. The van der Waals surface area contributed by atoms with Gasteiger partial charge in [-0.3, -0.25) is 4.98 Å². The number of benzene rings is 1. The first kappa shape index (κ1) is 15.9. The lowest BCUT2D eigenvalue weighted by molar-refractivity contribution is -0.0505. The predicted octanol–water partition coefficient (Wildman–Crippen LogP) is 4.04. The Balaban J connectivity index is 2.02. The summed E-state index contributed by atoms with van der Waals surface area (Å²) in [5, 5.41) is 3.23. The highest BCUT2D eigenvalue weighted by Crippen LogP contribution is 2.24. The SMILES string of the molecule is Cc1cnccc1CNCc1cc(Br)ccc1OC(F)F. The third-order valence-corrected chi connectivity index (χ3v) is 3.50. The van der Waals surface area contributed by atoms with Crippen LogP contribution in [0.1, 0.15) is 16.7 Å². The second-order valence-electron chi connectivity index (χ2n) is 4.54. The first-order valence-corrected chi connectivity index (χ1v) is 7.19. The summed E-state index contributed by atoms with van der Waals surface area (Å²) in [6.45, 7) is 0.222. The first-order valence-electron chi connectivity index (χ1n) is 6.39. The van der Waals surface area contributed by atoms with Gasteiger partial charge in [0.2, 0.25) is 0 Å². The lowest BCUT2D eigenvalue weighted by atomic mass is 10.1. The largest absolute Gasteiger partial charge is 0.434 e. The number of hydrogen-bond donors (Lipinski definition) is 1. The van der Waals surface area contributed by atoms with E-state index >= 15 is 0 Å². The van der Waals surface area contributed by atoms with Crippen molar-refractivity contribution in [3.8, 4) is 5.75 Å². The van der Waals surface area contributed by atoms with Crippen LogP contribution >= 0.6 is 15.9 Å². The molecule has 1 N–H and O–H groups in total. The molecule has 1 aromatic carbocycles. The van der Waals surface area contributed by atoms with Crippen LogP contribution in [0.4, 0.5) is 8.78 Å². The molecule has 2 rings (SSSR count). The van der Waals surface area contributed by atoms with Gasteiger partial charge < -0.3 is 10.1 Å². The first-order chi connectivity index (χ1) is 10.1. The van der Waals surface area contributed by atoms with E-state index in [1.165, 1.54) is 6.07 Å². The molecule has 0 aliphatic carbocycles. The van der Waals surface area contributed by atoms with Gasteiger partial charge in [-0.1, -0.05) is 15.9 Å². The van der Waals surface area contributed by atoms with Crippen LogP contribution in [0, 0.1) is 6.92 Å². The summed E-state index contributed by atoms with van der Waals surface area (Å²) in [4.78, 5) is 4.03. The molecule has 0 saturated carbocycles. The number of nitrogens with one attached hydrogen (secondary N) is 1. The Hall–Kier alpha value is -1.53. The Kier molecular flexibility index (Phi) is 5.64. The van der Waals surface area contributed by atoms with Crippen molar-refractivity contribution in [1.29, 1.82) is 0 Å². The molecule has 3 nitrogen and oxygen atoms in total. The molecule has 1 aromatic heterocycles. The van der Waals surface area contributed by atoms with Gasteiger partial charge in [-0.25, -0.2) is 0 Å². The number of rotatable bonds is 6. The van der Waals surface area contributed by atoms with E-state index in [0.29, 0.717) is 18.7 Å². The van der Waals surface area contributed by atoms with Gasteiger partial charge in [0.1, 0.15) is 5.75 Å². The van der Waals surface area contributed by atoms with Crippen molar-refractivity contribution < 1.29 is 13.5 Å². The van der Waals surface area contributed by atoms with E-state index in [4.69, 9.17) is 0 Å². The third kappa shape index (κ3) is 4.75. The average molecular weight is 357 g/mol. The molecule has 0 aliphatic rings. The van der Waals surface area contributed by atoms with Gasteiger partial charge in [-0.05, 0) is 42.3 Å². The Morgan fingerprint density at radius 3 is 2.71 bits per heavy atom. The van der Waals surface area contributed by atoms with Crippen molar-refractivity contribution >= 4 is 15.9 Å². The fourth-order valence-corrected chi connectivity index (χ4v) is 2.34. The van der Waals surface area contributed by atoms with E-state index in [9.17, 15) is 8.78 Å². The molecule has 0 amide bonds. The van der Waals surface area contributed by atoms with Crippen molar-refractivity contribution in [1.82, 2.24) is 10.3 Å². The smallest absolute Gasteiger partial charge is 0.387 e. The molecule has 1 heterocycles. The van der Waals surface area contributed by atoms with E-state index in [0.717, 1.165) is 15.6 Å². The van der Waals surface area contributed by atoms with E-state index < -0.39 is 6.61 Å². The highest BCUT2D eigenvalue weighted by atomic mass is 79.9. The fraction of sp³-hybridized carbons (Fsp3) is 0.267.